The molecule has 2 aromatic rings. The van der Waals surface area contributed by atoms with Gasteiger partial charge in [0.25, 0.3) is 5.91 Å². The van der Waals surface area contributed by atoms with Gasteiger partial charge in [-0.1, -0.05) is 12.5 Å². The van der Waals surface area contributed by atoms with E-state index in [1.165, 1.54) is 19.3 Å². The molecule has 2 saturated heterocycles. The molecule has 0 spiro atoms. The van der Waals surface area contributed by atoms with E-state index in [-0.39, 0.29) is 5.91 Å². The highest BCUT2D eigenvalue weighted by Crippen LogP contribution is 2.29. The normalized spacial score (nSPS) is 20.0. The summed E-state index contributed by atoms with van der Waals surface area (Å²) in [5.74, 6) is 1.51. The number of hydrogen-bond donors (Lipinski definition) is 1. The van der Waals surface area contributed by atoms with Crippen LogP contribution in [0.1, 0.15) is 41.6 Å². The van der Waals surface area contributed by atoms with Gasteiger partial charge in [0.15, 0.2) is 0 Å². The minimum atomic E-state index is 0.0725. The first-order valence-electron chi connectivity index (χ1n) is 10.6. The van der Waals surface area contributed by atoms with Gasteiger partial charge in [-0.2, -0.15) is 0 Å². The fraction of sp³-hybridized carbons (Fsp3) is 0.478. The van der Waals surface area contributed by atoms with E-state index in [9.17, 15) is 4.79 Å². The Morgan fingerprint density at radius 1 is 1.21 bits per heavy atom. The maximum absolute atomic E-state index is 13.0. The van der Waals surface area contributed by atoms with Gasteiger partial charge in [-0.3, -0.25) is 14.7 Å². The van der Waals surface area contributed by atoms with Crippen LogP contribution in [0, 0.1) is 0 Å². The van der Waals surface area contributed by atoms with Crippen molar-refractivity contribution < 1.29 is 9.53 Å². The zero-order chi connectivity index (χ0) is 20.1. The number of pyridine rings is 1. The number of rotatable bonds is 6. The number of likely N-dealkylation sites (N-methyl/N-ethyl adjacent to an activating group) is 1. The maximum Gasteiger partial charge on any atom is 0.254 e. The van der Waals surface area contributed by atoms with E-state index in [2.05, 4.69) is 21.3 Å². The van der Waals surface area contributed by atoms with E-state index < -0.39 is 0 Å². The average molecular weight is 395 g/mol. The number of amides is 1. The second-order valence-corrected chi connectivity index (χ2v) is 7.98. The Morgan fingerprint density at radius 3 is 2.79 bits per heavy atom. The lowest BCUT2D eigenvalue weighted by atomic mass is 10.1. The fourth-order valence-electron chi connectivity index (χ4n) is 4.17. The lowest BCUT2D eigenvalue weighted by Crippen LogP contribution is -2.33. The van der Waals surface area contributed by atoms with Crippen LogP contribution in [0.15, 0.2) is 42.7 Å². The third-order valence-electron chi connectivity index (χ3n) is 5.90. The van der Waals surface area contributed by atoms with Crippen molar-refractivity contribution >= 4 is 5.91 Å². The highest BCUT2D eigenvalue weighted by atomic mass is 16.5. The van der Waals surface area contributed by atoms with Crippen LogP contribution in [0.2, 0.25) is 0 Å². The van der Waals surface area contributed by atoms with Crippen molar-refractivity contribution in [1.82, 2.24) is 20.1 Å². The first kappa shape index (κ1) is 19.9. The summed E-state index contributed by atoms with van der Waals surface area (Å²) in [5.41, 5.74) is 1.80. The molecule has 6 heteroatoms. The van der Waals surface area contributed by atoms with Gasteiger partial charge in [0.1, 0.15) is 11.5 Å². The molecule has 1 amide bonds. The molecule has 154 valence electrons. The molecule has 0 radical (unpaired) electrons. The number of nitrogens with zero attached hydrogens (tertiary/aromatic N) is 3. The summed E-state index contributed by atoms with van der Waals surface area (Å²) in [4.78, 5) is 21.6. The highest BCUT2D eigenvalue weighted by molar-refractivity contribution is 5.95. The summed E-state index contributed by atoms with van der Waals surface area (Å²) in [5, 5.41) is 3.27. The van der Waals surface area contributed by atoms with Crippen molar-refractivity contribution in [2.75, 3.05) is 33.2 Å². The van der Waals surface area contributed by atoms with Gasteiger partial charge in [0.05, 0.1) is 6.20 Å². The minimum absolute atomic E-state index is 0.0725. The summed E-state index contributed by atoms with van der Waals surface area (Å²) in [6.07, 6.45) is 8.23. The van der Waals surface area contributed by atoms with Crippen LogP contribution >= 0.6 is 0 Å². The fourth-order valence-corrected chi connectivity index (χ4v) is 4.17. The summed E-state index contributed by atoms with van der Waals surface area (Å²) < 4.78 is 6.17. The molecule has 1 N–H and O–H groups in total. The SMILES string of the molecule is CNC1CCN(C(=O)c2ccc(CN3CCCCC3)c(Oc3cccnc3)c2)C1. The largest absolute Gasteiger partial charge is 0.455 e. The molecule has 1 atom stereocenters. The van der Waals surface area contributed by atoms with Crippen LogP contribution in [0.25, 0.3) is 0 Å². The van der Waals surface area contributed by atoms with Gasteiger partial charge in [0.2, 0.25) is 0 Å². The first-order valence-corrected chi connectivity index (χ1v) is 10.6. The molecule has 4 rings (SSSR count). The van der Waals surface area contributed by atoms with Crippen molar-refractivity contribution in [2.45, 2.75) is 38.3 Å². The van der Waals surface area contributed by atoms with E-state index in [1.54, 1.807) is 12.4 Å². The molecular formula is C23H30N4O2. The van der Waals surface area contributed by atoms with E-state index in [4.69, 9.17) is 4.74 Å². The number of nitrogens with one attached hydrogen (secondary N) is 1. The Bertz CT molecular complexity index is 821. The summed E-state index contributed by atoms with van der Waals surface area (Å²) in [7, 11) is 1.95. The van der Waals surface area contributed by atoms with Crippen molar-refractivity contribution in [1.29, 1.82) is 0 Å². The molecular weight excluding hydrogens is 364 g/mol. The quantitative estimate of drug-likeness (QED) is 0.815. The van der Waals surface area contributed by atoms with Gasteiger partial charge >= 0.3 is 0 Å². The summed E-state index contributed by atoms with van der Waals surface area (Å²) in [6.45, 7) is 4.62. The Labute approximate surface area is 172 Å². The number of hydrogen-bond acceptors (Lipinski definition) is 5. The minimum Gasteiger partial charge on any atom is -0.455 e. The molecule has 0 bridgehead atoms. The monoisotopic (exact) mass is 394 g/mol. The van der Waals surface area contributed by atoms with E-state index in [0.717, 1.165) is 50.5 Å². The average Bonchev–Trinajstić information content (AvgIpc) is 3.25. The van der Waals surface area contributed by atoms with E-state index >= 15 is 0 Å². The molecule has 29 heavy (non-hydrogen) atoms. The summed E-state index contributed by atoms with van der Waals surface area (Å²) in [6, 6.07) is 10.0. The molecule has 2 aliphatic heterocycles. The maximum atomic E-state index is 13.0. The molecule has 1 unspecified atom stereocenters. The van der Waals surface area contributed by atoms with Crippen LogP contribution in [0.3, 0.4) is 0 Å². The van der Waals surface area contributed by atoms with Gasteiger partial charge in [-0.05, 0) is 63.7 Å². The Kier molecular flexibility index (Phi) is 6.42. The third-order valence-corrected chi connectivity index (χ3v) is 5.90. The second-order valence-electron chi connectivity index (χ2n) is 7.98. The van der Waals surface area contributed by atoms with Crippen LogP contribution in [0.4, 0.5) is 0 Å². The molecule has 0 saturated carbocycles. The standard InChI is InChI=1S/C23H30N4O2/c1-24-20-9-13-27(17-20)23(28)18-7-8-19(16-26-11-3-2-4-12-26)22(14-18)29-21-6-5-10-25-15-21/h5-8,10,14-15,20,24H,2-4,9,11-13,16-17H2,1H3. The topological polar surface area (TPSA) is 57.7 Å². The number of piperidine rings is 1. The number of benzene rings is 1. The lowest BCUT2D eigenvalue weighted by molar-refractivity contribution is 0.0789. The van der Waals surface area contributed by atoms with Crippen LogP contribution in [-0.2, 0) is 6.54 Å². The zero-order valence-electron chi connectivity index (χ0n) is 17.1. The number of aromatic nitrogens is 1. The van der Waals surface area contributed by atoms with Gasteiger partial charge < -0.3 is 15.0 Å². The molecule has 6 nitrogen and oxygen atoms in total. The van der Waals surface area contributed by atoms with Crippen LogP contribution in [0.5, 0.6) is 11.5 Å². The molecule has 0 aliphatic carbocycles. The van der Waals surface area contributed by atoms with Crippen molar-refractivity contribution in [3.63, 3.8) is 0 Å². The Balaban J connectivity index is 1.57. The van der Waals surface area contributed by atoms with E-state index in [1.807, 2.05) is 36.2 Å². The van der Waals surface area contributed by atoms with E-state index in [0.29, 0.717) is 17.4 Å². The van der Waals surface area contributed by atoms with Gasteiger partial charge in [-0.25, -0.2) is 0 Å². The summed E-state index contributed by atoms with van der Waals surface area (Å²) >= 11 is 0. The van der Waals surface area contributed by atoms with Crippen molar-refractivity contribution in [2.24, 2.45) is 0 Å². The highest BCUT2D eigenvalue weighted by Gasteiger charge is 2.26. The number of carbonyl (C=O) groups excluding carboxylic acids is 1. The van der Waals surface area contributed by atoms with Gasteiger partial charge in [-0.15, -0.1) is 0 Å². The number of carbonyl (C=O) groups is 1. The number of likely N-dealkylation sites (tertiary alicyclic amines) is 2. The molecule has 2 fully saturated rings. The van der Waals surface area contributed by atoms with Crippen molar-refractivity contribution in [3.8, 4) is 11.5 Å². The number of ether oxygens (including phenoxy) is 1. The van der Waals surface area contributed by atoms with Crippen LogP contribution in [-0.4, -0.2) is 60.0 Å². The van der Waals surface area contributed by atoms with Gasteiger partial charge in [0, 0.05) is 43.0 Å². The lowest BCUT2D eigenvalue weighted by Gasteiger charge is -2.27. The van der Waals surface area contributed by atoms with Crippen molar-refractivity contribution in [3.05, 3.63) is 53.9 Å². The Morgan fingerprint density at radius 2 is 2.07 bits per heavy atom. The molecule has 2 aliphatic rings. The molecule has 1 aromatic carbocycles. The first-order chi connectivity index (χ1) is 14.2. The smallest absolute Gasteiger partial charge is 0.254 e. The van der Waals surface area contributed by atoms with Crippen LogP contribution < -0.4 is 10.1 Å². The molecule has 3 heterocycles. The third kappa shape index (κ3) is 4.95. The predicted molar refractivity (Wildman–Crippen MR) is 113 cm³/mol. The second kappa shape index (κ2) is 9.37. The zero-order valence-corrected chi connectivity index (χ0v) is 17.1. The predicted octanol–water partition coefficient (Wildman–Crippen LogP) is 3.29. The Hall–Kier alpha value is -2.44. The molecule has 1 aromatic heterocycles.